The maximum Gasteiger partial charge on any atom is 0.252 e. The molecule has 6 nitrogen and oxygen atoms in total. The van der Waals surface area contributed by atoms with Gasteiger partial charge in [-0.15, -0.1) is 23.1 Å². The Morgan fingerprint density at radius 1 is 1.24 bits per heavy atom. The fourth-order valence-corrected chi connectivity index (χ4v) is 5.50. The zero-order chi connectivity index (χ0) is 23.6. The Balaban J connectivity index is 1.26. The highest BCUT2D eigenvalue weighted by Crippen LogP contribution is 2.26. The van der Waals surface area contributed by atoms with Gasteiger partial charge in [-0.25, -0.2) is 4.98 Å². The Hall–Kier alpha value is -2.39. The summed E-state index contributed by atoms with van der Waals surface area (Å²) in [4.78, 5) is 20.5. The number of nitrogens with zero attached hydrogens (tertiary/aromatic N) is 2. The molecule has 1 N–H and O–H groups in total. The molecule has 0 bridgehead atoms. The van der Waals surface area contributed by atoms with Gasteiger partial charge in [0.05, 0.1) is 16.8 Å². The molecule has 0 saturated carbocycles. The van der Waals surface area contributed by atoms with E-state index < -0.39 is 0 Å². The minimum atomic E-state index is -0.0780. The van der Waals surface area contributed by atoms with Crippen molar-refractivity contribution in [3.63, 3.8) is 0 Å². The van der Waals surface area contributed by atoms with Gasteiger partial charge in [0.1, 0.15) is 12.4 Å². The normalized spacial score (nSPS) is 14.3. The van der Waals surface area contributed by atoms with Gasteiger partial charge in [0.2, 0.25) is 0 Å². The SMILES string of the molecule is CN(CCOc1cccc(CNC(=O)c2ccccc2SCc2cscn2)c1)C1CCOCC1. The highest BCUT2D eigenvalue weighted by atomic mass is 32.2. The topological polar surface area (TPSA) is 63.7 Å². The van der Waals surface area contributed by atoms with E-state index in [4.69, 9.17) is 9.47 Å². The zero-order valence-corrected chi connectivity index (χ0v) is 21.1. The summed E-state index contributed by atoms with van der Waals surface area (Å²) >= 11 is 3.21. The first-order valence-corrected chi connectivity index (χ1v) is 13.5. The number of hydrogen-bond donors (Lipinski definition) is 1. The van der Waals surface area contributed by atoms with Gasteiger partial charge >= 0.3 is 0 Å². The van der Waals surface area contributed by atoms with Gasteiger partial charge in [0, 0.05) is 48.4 Å². The van der Waals surface area contributed by atoms with Crippen LogP contribution in [-0.4, -0.2) is 55.2 Å². The minimum absolute atomic E-state index is 0.0780. The third-order valence-corrected chi connectivity index (χ3v) is 7.61. The molecule has 1 fully saturated rings. The molecule has 0 radical (unpaired) electrons. The Bertz CT molecular complexity index is 1040. The van der Waals surface area contributed by atoms with Gasteiger partial charge in [-0.2, -0.15) is 0 Å². The fraction of sp³-hybridized carbons (Fsp3) is 0.385. The van der Waals surface area contributed by atoms with E-state index in [9.17, 15) is 4.79 Å². The fourth-order valence-electron chi connectivity index (χ4n) is 3.88. The third kappa shape index (κ3) is 7.30. The number of hydrogen-bond acceptors (Lipinski definition) is 7. The van der Waals surface area contributed by atoms with Crippen LogP contribution >= 0.6 is 23.1 Å². The van der Waals surface area contributed by atoms with Crippen molar-refractivity contribution in [1.29, 1.82) is 0 Å². The maximum atomic E-state index is 12.9. The summed E-state index contributed by atoms with van der Waals surface area (Å²) in [5, 5.41) is 5.09. The van der Waals surface area contributed by atoms with E-state index in [1.165, 1.54) is 0 Å². The molecule has 180 valence electrons. The Labute approximate surface area is 209 Å². The number of thiazole rings is 1. The number of thioether (sulfide) groups is 1. The number of aromatic nitrogens is 1. The molecule has 34 heavy (non-hydrogen) atoms. The average molecular weight is 498 g/mol. The lowest BCUT2D eigenvalue weighted by Gasteiger charge is -2.31. The average Bonchev–Trinajstić information content (AvgIpc) is 3.41. The number of nitrogens with one attached hydrogen (secondary N) is 1. The van der Waals surface area contributed by atoms with E-state index in [2.05, 4.69) is 22.2 Å². The summed E-state index contributed by atoms with van der Waals surface area (Å²) < 4.78 is 11.4. The van der Waals surface area contributed by atoms with Crippen LogP contribution in [-0.2, 0) is 17.0 Å². The van der Waals surface area contributed by atoms with E-state index in [0.717, 1.165) is 60.3 Å². The molecule has 0 unspecified atom stereocenters. The van der Waals surface area contributed by atoms with Gasteiger partial charge in [-0.05, 0) is 49.7 Å². The number of carbonyl (C=O) groups excluding carboxylic acids is 1. The van der Waals surface area contributed by atoms with Crippen molar-refractivity contribution in [3.05, 3.63) is 76.2 Å². The van der Waals surface area contributed by atoms with Crippen LogP contribution < -0.4 is 10.1 Å². The van der Waals surface area contributed by atoms with Crippen LogP contribution in [0.15, 0.2) is 64.3 Å². The molecule has 0 spiro atoms. The quantitative estimate of drug-likeness (QED) is 0.382. The first-order valence-electron chi connectivity index (χ1n) is 11.6. The number of benzene rings is 2. The minimum Gasteiger partial charge on any atom is -0.492 e. The van der Waals surface area contributed by atoms with Crippen molar-refractivity contribution < 1.29 is 14.3 Å². The number of likely N-dealkylation sites (N-methyl/N-ethyl adjacent to an activating group) is 1. The predicted octanol–water partition coefficient (Wildman–Crippen LogP) is 4.86. The van der Waals surface area contributed by atoms with Crippen molar-refractivity contribution in [2.24, 2.45) is 0 Å². The van der Waals surface area contributed by atoms with Gasteiger partial charge < -0.3 is 14.8 Å². The molecule has 2 heterocycles. The lowest BCUT2D eigenvalue weighted by atomic mass is 10.1. The summed E-state index contributed by atoms with van der Waals surface area (Å²) in [7, 11) is 2.15. The molecule has 0 atom stereocenters. The summed E-state index contributed by atoms with van der Waals surface area (Å²) in [5.74, 6) is 1.49. The Morgan fingerprint density at radius 2 is 2.09 bits per heavy atom. The number of rotatable bonds is 11. The van der Waals surface area contributed by atoms with Crippen LogP contribution in [0.3, 0.4) is 0 Å². The van der Waals surface area contributed by atoms with E-state index >= 15 is 0 Å². The van der Waals surface area contributed by atoms with E-state index in [1.54, 1.807) is 23.1 Å². The zero-order valence-electron chi connectivity index (χ0n) is 19.4. The van der Waals surface area contributed by atoms with Crippen LogP contribution in [0.5, 0.6) is 5.75 Å². The highest BCUT2D eigenvalue weighted by Gasteiger charge is 2.18. The summed E-state index contributed by atoms with van der Waals surface area (Å²) in [6, 6.07) is 16.2. The largest absolute Gasteiger partial charge is 0.492 e. The number of ether oxygens (including phenoxy) is 2. The van der Waals surface area contributed by atoms with Crippen LogP contribution in [0.2, 0.25) is 0 Å². The molecule has 1 aromatic heterocycles. The van der Waals surface area contributed by atoms with E-state index in [-0.39, 0.29) is 5.91 Å². The summed E-state index contributed by atoms with van der Waals surface area (Å²) in [6.45, 7) is 3.65. The summed E-state index contributed by atoms with van der Waals surface area (Å²) in [5.41, 5.74) is 4.56. The number of carbonyl (C=O) groups is 1. The molecule has 1 amide bonds. The standard InChI is InChI=1S/C26H31N3O3S2/c1-29(22-9-12-31-13-10-22)11-14-32-23-6-4-5-20(15-23)16-27-26(30)24-7-2-3-8-25(24)34-18-21-17-33-19-28-21/h2-8,15,17,19,22H,9-14,16,18H2,1H3,(H,27,30). The van der Waals surface area contributed by atoms with Crippen molar-refractivity contribution >= 4 is 29.0 Å². The highest BCUT2D eigenvalue weighted by molar-refractivity contribution is 7.98. The maximum absolute atomic E-state index is 12.9. The monoisotopic (exact) mass is 497 g/mol. The van der Waals surface area contributed by atoms with Crippen LogP contribution in [0.25, 0.3) is 0 Å². The second-order valence-electron chi connectivity index (χ2n) is 8.27. The van der Waals surface area contributed by atoms with E-state index in [0.29, 0.717) is 24.8 Å². The van der Waals surface area contributed by atoms with Gasteiger partial charge in [0.15, 0.2) is 0 Å². The van der Waals surface area contributed by atoms with Crippen molar-refractivity contribution in [2.45, 2.75) is 36.1 Å². The molecule has 3 aromatic rings. The molecular weight excluding hydrogens is 466 g/mol. The van der Waals surface area contributed by atoms with Gasteiger partial charge in [-0.3, -0.25) is 9.69 Å². The Kier molecular flexibility index (Phi) is 9.38. The lowest BCUT2D eigenvalue weighted by Crippen LogP contribution is -2.38. The van der Waals surface area contributed by atoms with Gasteiger partial charge in [0.25, 0.3) is 5.91 Å². The first kappa shape index (κ1) is 24.7. The molecule has 1 aliphatic rings. The van der Waals surface area contributed by atoms with Crippen molar-refractivity contribution in [2.75, 3.05) is 33.4 Å². The Morgan fingerprint density at radius 3 is 2.91 bits per heavy atom. The molecule has 0 aliphatic carbocycles. The molecule has 2 aromatic carbocycles. The lowest BCUT2D eigenvalue weighted by molar-refractivity contribution is 0.0392. The van der Waals surface area contributed by atoms with Crippen molar-refractivity contribution in [3.8, 4) is 5.75 Å². The molecule has 1 aliphatic heterocycles. The second-order valence-corrected chi connectivity index (χ2v) is 10.0. The second kappa shape index (κ2) is 12.9. The number of amides is 1. The predicted molar refractivity (Wildman–Crippen MR) is 138 cm³/mol. The molecule has 8 heteroatoms. The van der Waals surface area contributed by atoms with Gasteiger partial charge in [-0.1, -0.05) is 24.3 Å². The molecule has 4 rings (SSSR count). The van der Waals surface area contributed by atoms with Crippen LogP contribution in [0.1, 0.15) is 34.5 Å². The third-order valence-electron chi connectivity index (χ3n) is 5.87. The smallest absolute Gasteiger partial charge is 0.252 e. The van der Waals surface area contributed by atoms with Crippen molar-refractivity contribution in [1.82, 2.24) is 15.2 Å². The van der Waals surface area contributed by atoms with Crippen LogP contribution in [0, 0.1) is 0 Å². The first-order chi connectivity index (χ1) is 16.7. The van der Waals surface area contributed by atoms with Crippen LogP contribution in [0.4, 0.5) is 0 Å². The summed E-state index contributed by atoms with van der Waals surface area (Å²) in [6.07, 6.45) is 2.16. The molecule has 1 saturated heterocycles. The molecular formula is C26H31N3O3S2. The van der Waals surface area contributed by atoms with E-state index in [1.807, 2.05) is 59.4 Å².